The van der Waals surface area contributed by atoms with E-state index < -0.39 is 0 Å². The highest BCUT2D eigenvalue weighted by Gasteiger charge is 2.39. The van der Waals surface area contributed by atoms with Crippen LogP contribution >= 0.6 is 0 Å². The molecular weight excluding hydrogens is 492 g/mol. The first-order chi connectivity index (χ1) is 18.1. The summed E-state index contributed by atoms with van der Waals surface area (Å²) in [5.41, 5.74) is 4.82. The first-order valence-electron chi connectivity index (χ1n) is 14.6. The van der Waals surface area contributed by atoms with E-state index in [0.717, 1.165) is 39.9 Å². The lowest BCUT2D eigenvalue weighted by Gasteiger charge is -2.41. The van der Waals surface area contributed by atoms with E-state index >= 15 is 0 Å². The molecule has 0 aliphatic heterocycles. The third-order valence-corrected chi connectivity index (χ3v) is 8.72. The second-order valence-electron chi connectivity index (χ2n) is 15.3. The highest BCUT2D eigenvalue weighted by molar-refractivity contribution is 5.48. The number of aliphatic hydroxyl groups excluding tert-OH is 3. The lowest BCUT2D eigenvalue weighted by Crippen LogP contribution is -2.32. The molecule has 3 N–H and O–H groups in total. The average molecular weight is 545 g/mol. The predicted octanol–water partition coefficient (Wildman–Crippen LogP) is 10.4. The zero-order valence-electron chi connectivity index (χ0n) is 26.5. The predicted molar refractivity (Wildman–Crippen MR) is 170 cm³/mol. The quantitative estimate of drug-likeness (QED) is 0.323. The average Bonchev–Trinajstić information content (AvgIpc) is 2.75. The van der Waals surface area contributed by atoms with Gasteiger partial charge >= 0.3 is 0 Å². The van der Waals surface area contributed by atoms with Crippen LogP contribution in [0, 0.1) is 45.8 Å². The Bertz CT molecular complexity index is 1200. The summed E-state index contributed by atoms with van der Waals surface area (Å²) in [4.78, 5) is 0. The molecule has 3 nitrogen and oxygen atoms in total. The minimum Gasteiger partial charge on any atom is -0.508 e. The second kappa shape index (κ2) is 10.8. The molecule has 0 heterocycles. The van der Waals surface area contributed by atoms with E-state index in [-0.39, 0.29) is 57.4 Å². The molecule has 0 aromatic carbocycles. The Morgan fingerprint density at radius 1 is 0.575 bits per heavy atom. The standard InChI is InChI=1S/C37H52O3/c1-21(25-18-29(35(5,6)7)32(38)15-22(25)2)14-28(26-19-30(36(8,9)10)33(39)16-23(26)3)27-20-31(37(11,12)13)34(40)17-24(27)4/h15-21,25-28,38-40H,2-4,14H2,1,5-13H3. The van der Waals surface area contributed by atoms with Gasteiger partial charge in [-0.15, -0.1) is 0 Å². The lowest BCUT2D eigenvalue weighted by molar-refractivity contribution is 0.260. The Morgan fingerprint density at radius 3 is 1.15 bits per heavy atom. The van der Waals surface area contributed by atoms with Gasteiger partial charge in [0.2, 0.25) is 0 Å². The molecule has 40 heavy (non-hydrogen) atoms. The molecule has 0 aromatic heterocycles. The first kappa shape index (κ1) is 31.6. The smallest absolute Gasteiger partial charge is 0.119 e. The summed E-state index contributed by atoms with van der Waals surface area (Å²) in [5, 5.41) is 32.5. The van der Waals surface area contributed by atoms with Crippen molar-refractivity contribution in [1.82, 2.24) is 0 Å². The van der Waals surface area contributed by atoms with Crippen molar-refractivity contribution in [2.24, 2.45) is 45.8 Å². The van der Waals surface area contributed by atoms with E-state index in [1.54, 1.807) is 0 Å². The lowest BCUT2D eigenvalue weighted by atomic mass is 9.63. The Morgan fingerprint density at radius 2 is 0.850 bits per heavy atom. The summed E-state index contributed by atoms with van der Waals surface area (Å²) < 4.78 is 0. The van der Waals surface area contributed by atoms with Crippen LogP contribution in [0.25, 0.3) is 0 Å². The van der Waals surface area contributed by atoms with Crippen LogP contribution in [0.15, 0.2) is 107 Å². The van der Waals surface area contributed by atoms with Gasteiger partial charge in [-0.25, -0.2) is 0 Å². The van der Waals surface area contributed by atoms with Gasteiger partial charge in [-0.1, -0.05) is 107 Å². The molecule has 0 spiro atoms. The normalized spacial score (nSPS) is 26.2. The van der Waals surface area contributed by atoms with E-state index in [1.807, 2.05) is 18.2 Å². The van der Waals surface area contributed by atoms with Gasteiger partial charge in [0.15, 0.2) is 0 Å². The summed E-state index contributed by atoms with van der Waals surface area (Å²) >= 11 is 0. The molecule has 0 saturated carbocycles. The molecule has 3 heteroatoms. The van der Waals surface area contributed by atoms with Crippen LogP contribution in [0.4, 0.5) is 0 Å². The van der Waals surface area contributed by atoms with Gasteiger partial charge in [-0.2, -0.15) is 0 Å². The van der Waals surface area contributed by atoms with Crippen molar-refractivity contribution in [2.45, 2.75) is 75.7 Å². The molecule has 0 amide bonds. The van der Waals surface area contributed by atoms with Crippen molar-refractivity contribution in [2.75, 3.05) is 0 Å². The first-order valence-corrected chi connectivity index (χ1v) is 14.6. The summed E-state index contributed by atoms with van der Waals surface area (Å²) in [6.45, 7) is 34.5. The van der Waals surface area contributed by atoms with Crippen molar-refractivity contribution in [3.05, 3.63) is 107 Å². The third kappa shape index (κ3) is 6.51. The summed E-state index contributed by atoms with van der Waals surface area (Å²) in [6, 6.07) is 0. The molecule has 0 radical (unpaired) electrons. The fourth-order valence-corrected chi connectivity index (χ4v) is 6.49. The van der Waals surface area contributed by atoms with Gasteiger partial charge in [-0.3, -0.25) is 0 Å². The van der Waals surface area contributed by atoms with Gasteiger partial charge in [0, 0.05) is 17.8 Å². The summed E-state index contributed by atoms with van der Waals surface area (Å²) in [7, 11) is 0. The maximum absolute atomic E-state index is 10.9. The highest BCUT2D eigenvalue weighted by atomic mass is 16.3. The summed E-state index contributed by atoms with van der Waals surface area (Å²) in [6.07, 6.45) is 12.9. The number of aliphatic hydroxyl groups is 3. The molecule has 3 rings (SSSR count). The minimum absolute atomic E-state index is 0.0210. The highest BCUT2D eigenvalue weighted by Crippen LogP contribution is 2.49. The Hall–Kier alpha value is -2.94. The molecule has 0 bridgehead atoms. The number of hydrogen-bond acceptors (Lipinski definition) is 3. The largest absolute Gasteiger partial charge is 0.508 e. The van der Waals surface area contributed by atoms with Crippen LogP contribution < -0.4 is 0 Å². The van der Waals surface area contributed by atoms with Gasteiger partial charge in [0.1, 0.15) is 17.3 Å². The van der Waals surface area contributed by atoms with Crippen LogP contribution in [0.2, 0.25) is 0 Å². The fourth-order valence-electron chi connectivity index (χ4n) is 6.49. The van der Waals surface area contributed by atoms with Crippen LogP contribution in [-0.4, -0.2) is 15.3 Å². The maximum atomic E-state index is 10.9. The van der Waals surface area contributed by atoms with Crippen LogP contribution in [0.5, 0.6) is 0 Å². The molecular formula is C37H52O3. The van der Waals surface area contributed by atoms with E-state index in [9.17, 15) is 15.3 Å². The van der Waals surface area contributed by atoms with E-state index in [0.29, 0.717) is 5.76 Å². The second-order valence-corrected chi connectivity index (χ2v) is 15.3. The molecule has 0 saturated heterocycles. The number of allylic oxidation sites excluding steroid dienone is 12. The van der Waals surface area contributed by atoms with Crippen LogP contribution in [0.3, 0.4) is 0 Å². The van der Waals surface area contributed by atoms with Crippen molar-refractivity contribution in [1.29, 1.82) is 0 Å². The fraction of sp³-hybridized carbons (Fsp3) is 0.514. The molecule has 4 atom stereocenters. The Labute approximate surface area is 243 Å². The monoisotopic (exact) mass is 544 g/mol. The molecule has 3 aliphatic carbocycles. The SMILES string of the molecule is C=C1C=C(O)C(C(C)(C)C)=CC1C(C)CC(C1C=C(C(C)(C)C)C(O)=CC1=C)C1C=C(C(C)(C)C)C(O)=CC1=C. The molecule has 0 fully saturated rings. The van der Waals surface area contributed by atoms with Gasteiger partial charge in [0.25, 0.3) is 0 Å². The maximum Gasteiger partial charge on any atom is 0.119 e. The van der Waals surface area contributed by atoms with Gasteiger partial charge < -0.3 is 15.3 Å². The van der Waals surface area contributed by atoms with E-state index in [2.05, 4.69) is 107 Å². The summed E-state index contributed by atoms with van der Waals surface area (Å²) in [5.74, 6) is 1.19. The Kier molecular flexibility index (Phi) is 8.53. The molecule has 3 aliphatic rings. The minimum atomic E-state index is -0.228. The zero-order valence-corrected chi connectivity index (χ0v) is 26.5. The van der Waals surface area contributed by atoms with Crippen molar-refractivity contribution in [3.63, 3.8) is 0 Å². The van der Waals surface area contributed by atoms with Crippen molar-refractivity contribution in [3.8, 4) is 0 Å². The van der Waals surface area contributed by atoms with Crippen molar-refractivity contribution < 1.29 is 15.3 Å². The van der Waals surface area contributed by atoms with Crippen LogP contribution in [-0.2, 0) is 0 Å². The molecule has 4 unspecified atom stereocenters. The third-order valence-electron chi connectivity index (χ3n) is 8.72. The Balaban J connectivity index is 2.14. The van der Waals surface area contributed by atoms with Gasteiger partial charge in [-0.05, 0) is 86.2 Å². The zero-order chi connectivity index (χ0) is 30.5. The van der Waals surface area contributed by atoms with E-state index in [4.69, 9.17) is 0 Å². The topological polar surface area (TPSA) is 60.7 Å². The van der Waals surface area contributed by atoms with Crippen LogP contribution in [0.1, 0.15) is 75.7 Å². The number of hydrogen-bond donors (Lipinski definition) is 3. The van der Waals surface area contributed by atoms with E-state index in [1.165, 1.54) is 0 Å². The number of rotatable bonds is 5. The molecule has 218 valence electrons. The molecule has 0 aromatic rings. The van der Waals surface area contributed by atoms with Crippen molar-refractivity contribution >= 4 is 0 Å². The van der Waals surface area contributed by atoms with Gasteiger partial charge in [0.05, 0.1) is 0 Å².